The number of H-pyrrole nitrogens is 1. The van der Waals surface area contributed by atoms with Crippen LogP contribution in [-0.2, 0) is 11.0 Å². The van der Waals surface area contributed by atoms with Crippen LogP contribution in [0.25, 0.3) is 0 Å². The molecule has 0 aromatic carbocycles. The molecular weight excluding hydrogens is 291 g/mol. The summed E-state index contributed by atoms with van der Waals surface area (Å²) in [5, 5.41) is 0. The highest BCUT2D eigenvalue weighted by Gasteiger charge is 2.00. The topological polar surface area (TPSA) is 106 Å². The predicted octanol–water partition coefficient (Wildman–Crippen LogP) is 3.55. The summed E-state index contributed by atoms with van der Waals surface area (Å²) in [7, 11) is -4.64. The van der Waals surface area contributed by atoms with Gasteiger partial charge in [0.15, 0.2) is 0 Å². The number of hydrogen-bond donors (Lipinski definition) is 4. The number of aryl methyl sites for hydroxylation is 1. The van der Waals surface area contributed by atoms with Crippen LogP contribution in [0.3, 0.4) is 0 Å². The lowest BCUT2D eigenvalue weighted by Gasteiger charge is -2.01. The number of hydrogen-bond acceptors (Lipinski definition) is 2. The van der Waals surface area contributed by atoms with Crippen molar-refractivity contribution >= 4 is 7.82 Å². The summed E-state index contributed by atoms with van der Waals surface area (Å²) in [4.78, 5) is 28.9. The van der Waals surface area contributed by atoms with Crippen LogP contribution in [0.15, 0.2) is 12.4 Å². The Bertz CT molecular complexity index is 357. The average Bonchev–Trinajstić information content (AvgIpc) is 2.88. The molecule has 0 unspecified atom stereocenters. The van der Waals surface area contributed by atoms with Crippen molar-refractivity contribution in [1.82, 2.24) is 9.97 Å². The van der Waals surface area contributed by atoms with Crippen LogP contribution in [0.5, 0.6) is 0 Å². The second-order valence-electron chi connectivity index (χ2n) is 5.13. The summed E-state index contributed by atoms with van der Waals surface area (Å²) in [5.41, 5.74) is 0. The zero-order valence-corrected chi connectivity index (χ0v) is 13.8. The van der Waals surface area contributed by atoms with Crippen LogP contribution >= 0.6 is 7.82 Å². The van der Waals surface area contributed by atoms with E-state index >= 15 is 0 Å². The molecule has 0 saturated heterocycles. The van der Waals surface area contributed by atoms with E-state index < -0.39 is 7.82 Å². The molecule has 1 heterocycles. The van der Waals surface area contributed by atoms with Crippen LogP contribution in [0.2, 0.25) is 0 Å². The summed E-state index contributed by atoms with van der Waals surface area (Å²) >= 11 is 0. The molecule has 21 heavy (non-hydrogen) atoms. The van der Waals surface area contributed by atoms with Gasteiger partial charge in [-0.05, 0) is 6.42 Å². The van der Waals surface area contributed by atoms with Gasteiger partial charge in [-0.3, -0.25) is 0 Å². The highest BCUT2D eigenvalue weighted by atomic mass is 31.2. The van der Waals surface area contributed by atoms with Gasteiger partial charge in [-0.1, -0.05) is 58.3 Å². The second kappa shape index (κ2) is 13.0. The van der Waals surface area contributed by atoms with E-state index in [0.29, 0.717) is 0 Å². The molecule has 0 atom stereocenters. The number of aromatic nitrogens is 2. The van der Waals surface area contributed by atoms with E-state index in [9.17, 15) is 0 Å². The van der Waals surface area contributed by atoms with Crippen molar-refractivity contribution in [2.24, 2.45) is 0 Å². The minimum atomic E-state index is -4.64. The molecule has 124 valence electrons. The van der Waals surface area contributed by atoms with Crippen molar-refractivity contribution < 1.29 is 19.2 Å². The molecule has 1 aromatic rings. The van der Waals surface area contributed by atoms with Gasteiger partial charge >= 0.3 is 7.82 Å². The fraction of sp³-hybridized carbons (Fsp3) is 0.786. The molecule has 0 radical (unpaired) electrons. The molecule has 1 aromatic heterocycles. The first kappa shape index (κ1) is 20.3. The van der Waals surface area contributed by atoms with Gasteiger partial charge in [-0.2, -0.15) is 0 Å². The lowest BCUT2D eigenvalue weighted by molar-refractivity contribution is 0.275. The van der Waals surface area contributed by atoms with E-state index in [1.807, 2.05) is 12.4 Å². The smallest absolute Gasteiger partial charge is 0.349 e. The number of nitrogens with one attached hydrogen (secondary N) is 1. The Kier molecular flexibility index (Phi) is 12.6. The Morgan fingerprint density at radius 2 is 1.48 bits per heavy atom. The van der Waals surface area contributed by atoms with Gasteiger partial charge in [-0.25, -0.2) is 9.55 Å². The molecule has 0 spiro atoms. The molecule has 7 heteroatoms. The molecule has 0 saturated carbocycles. The summed E-state index contributed by atoms with van der Waals surface area (Å²) in [5.74, 6) is 1.14. The molecule has 0 amide bonds. The number of aromatic amines is 1. The van der Waals surface area contributed by atoms with Crippen LogP contribution < -0.4 is 0 Å². The number of imidazole rings is 1. The van der Waals surface area contributed by atoms with E-state index in [1.165, 1.54) is 57.8 Å². The Hall–Kier alpha value is -0.680. The normalized spacial score (nSPS) is 11.0. The Morgan fingerprint density at radius 1 is 1.00 bits per heavy atom. The van der Waals surface area contributed by atoms with Gasteiger partial charge in [0, 0.05) is 18.8 Å². The van der Waals surface area contributed by atoms with Gasteiger partial charge < -0.3 is 19.7 Å². The molecular formula is C14H29N2O4P. The second-order valence-corrected chi connectivity index (χ2v) is 6.15. The summed E-state index contributed by atoms with van der Waals surface area (Å²) in [6.45, 7) is 2.27. The quantitative estimate of drug-likeness (QED) is 0.389. The third-order valence-electron chi connectivity index (χ3n) is 3.07. The van der Waals surface area contributed by atoms with Crippen molar-refractivity contribution in [1.29, 1.82) is 0 Å². The van der Waals surface area contributed by atoms with Gasteiger partial charge in [-0.15, -0.1) is 0 Å². The summed E-state index contributed by atoms with van der Waals surface area (Å²) < 4.78 is 8.88. The SMILES string of the molecule is CCCCCCCCCCCc1ncc[nH]1.O=P(O)(O)O. The standard InChI is InChI=1S/C14H26N2.H3O4P/c1-2-3-4-5-6-7-8-9-10-11-14-15-12-13-16-14;1-5(2,3)4/h12-13H,2-11H2,1H3,(H,15,16);(H3,1,2,3,4). The zero-order valence-electron chi connectivity index (χ0n) is 12.9. The van der Waals surface area contributed by atoms with Crippen molar-refractivity contribution in [3.8, 4) is 0 Å². The third-order valence-corrected chi connectivity index (χ3v) is 3.07. The van der Waals surface area contributed by atoms with E-state index in [-0.39, 0.29) is 0 Å². The maximum Gasteiger partial charge on any atom is 0.466 e. The van der Waals surface area contributed by atoms with E-state index in [0.717, 1.165) is 12.2 Å². The Labute approximate surface area is 127 Å². The van der Waals surface area contributed by atoms with Gasteiger partial charge in [0.25, 0.3) is 0 Å². The molecule has 0 fully saturated rings. The number of phosphoric acid groups is 1. The predicted molar refractivity (Wildman–Crippen MR) is 83.8 cm³/mol. The summed E-state index contributed by atoms with van der Waals surface area (Å²) in [6.07, 6.45) is 17.4. The van der Waals surface area contributed by atoms with Crippen LogP contribution in [0.4, 0.5) is 0 Å². The highest BCUT2D eigenvalue weighted by Crippen LogP contribution is 2.25. The average molecular weight is 320 g/mol. The maximum absolute atomic E-state index is 8.88. The van der Waals surface area contributed by atoms with E-state index in [2.05, 4.69) is 16.9 Å². The molecule has 0 aliphatic heterocycles. The number of nitrogens with zero attached hydrogens (tertiary/aromatic N) is 1. The lowest BCUT2D eigenvalue weighted by Crippen LogP contribution is -1.88. The van der Waals surface area contributed by atoms with E-state index in [1.54, 1.807) is 0 Å². The number of unbranched alkanes of at least 4 members (excludes halogenated alkanes) is 8. The molecule has 4 N–H and O–H groups in total. The minimum absolute atomic E-state index is 1.11. The van der Waals surface area contributed by atoms with Crippen LogP contribution in [0.1, 0.15) is 70.5 Å². The highest BCUT2D eigenvalue weighted by molar-refractivity contribution is 7.45. The van der Waals surface area contributed by atoms with Crippen molar-refractivity contribution in [3.05, 3.63) is 18.2 Å². The molecule has 1 rings (SSSR count). The molecule has 0 aliphatic rings. The summed E-state index contributed by atoms with van der Waals surface area (Å²) in [6, 6.07) is 0. The first-order valence-electron chi connectivity index (χ1n) is 7.70. The van der Waals surface area contributed by atoms with Crippen LogP contribution in [-0.4, -0.2) is 24.6 Å². The largest absolute Gasteiger partial charge is 0.466 e. The van der Waals surface area contributed by atoms with Crippen molar-refractivity contribution in [2.75, 3.05) is 0 Å². The molecule has 0 bridgehead atoms. The third kappa shape index (κ3) is 19.3. The molecule has 6 nitrogen and oxygen atoms in total. The van der Waals surface area contributed by atoms with E-state index in [4.69, 9.17) is 19.2 Å². The van der Waals surface area contributed by atoms with Crippen molar-refractivity contribution in [2.45, 2.75) is 71.1 Å². The fourth-order valence-electron chi connectivity index (χ4n) is 2.04. The van der Waals surface area contributed by atoms with Gasteiger partial charge in [0.2, 0.25) is 0 Å². The molecule has 0 aliphatic carbocycles. The minimum Gasteiger partial charge on any atom is -0.349 e. The number of rotatable bonds is 10. The van der Waals surface area contributed by atoms with Crippen molar-refractivity contribution in [3.63, 3.8) is 0 Å². The Balaban J connectivity index is 0.000000690. The first-order chi connectivity index (χ1) is 9.93. The Morgan fingerprint density at radius 3 is 1.90 bits per heavy atom. The van der Waals surface area contributed by atoms with Gasteiger partial charge in [0.1, 0.15) is 5.82 Å². The monoisotopic (exact) mass is 320 g/mol. The van der Waals surface area contributed by atoms with Gasteiger partial charge in [0.05, 0.1) is 0 Å². The van der Waals surface area contributed by atoms with Crippen LogP contribution in [0, 0.1) is 0 Å². The maximum atomic E-state index is 8.88. The zero-order chi connectivity index (χ0) is 16.0. The fourth-order valence-corrected chi connectivity index (χ4v) is 2.04. The lowest BCUT2D eigenvalue weighted by atomic mass is 10.1. The first-order valence-corrected chi connectivity index (χ1v) is 9.26.